The minimum Gasteiger partial charge on any atom is -0.491 e. The molecular formula is C33H51N3O9. The van der Waals surface area contributed by atoms with Crippen LogP contribution in [0.5, 0.6) is 5.75 Å². The number of carbonyl (C=O) groups excluding carboxylic acids is 1. The molecule has 4 atom stereocenters. The molecule has 0 radical (unpaired) electrons. The van der Waals surface area contributed by atoms with E-state index in [1.165, 1.54) is 0 Å². The summed E-state index contributed by atoms with van der Waals surface area (Å²) in [6.45, 7) is 8.75. The Morgan fingerprint density at radius 2 is 1.47 bits per heavy atom. The molecule has 0 saturated heterocycles. The number of benzene rings is 2. The molecular weight excluding hydrogens is 582 g/mol. The van der Waals surface area contributed by atoms with Crippen molar-refractivity contribution in [3.05, 3.63) is 65.7 Å². The van der Waals surface area contributed by atoms with Gasteiger partial charge in [0.1, 0.15) is 18.0 Å². The minimum atomic E-state index is -1.27. The van der Waals surface area contributed by atoms with E-state index >= 15 is 0 Å². The first-order chi connectivity index (χ1) is 21.2. The third-order valence-electron chi connectivity index (χ3n) is 7.12. The van der Waals surface area contributed by atoms with Gasteiger partial charge in [0, 0.05) is 20.2 Å². The summed E-state index contributed by atoms with van der Waals surface area (Å²) in [5, 5.41) is 48.3. The van der Waals surface area contributed by atoms with E-state index in [-0.39, 0.29) is 25.9 Å². The van der Waals surface area contributed by atoms with Crippen LogP contribution in [0.25, 0.3) is 0 Å². The topological polar surface area (TPSA) is 170 Å². The number of carbonyl (C=O) groups is 2. The normalized spacial score (nSPS) is 14.6. The van der Waals surface area contributed by atoms with Crippen molar-refractivity contribution in [2.45, 2.75) is 82.9 Å². The van der Waals surface area contributed by atoms with Gasteiger partial charge in [-0.1, -0.05) is 42.5 Å². The molecule has 6 N–H and O–H groups in total. The summed E-state index contributed by atoms with van der Waals surface area (Å²) in [5.41, 5.74) is -0.257. The van der Waals surface area contributed by atoms with E-state index in [0.717, 1.165) is 16.0 Å². The van der Waals surface area contributed by atoms with Crippen molar-refractivity contribution in [1.29, 1.82) is 0 Å². The summed E-state index contributed by atoms with van der Waals surface area (Å²) in [5.74, 6) is 0.661. The number of aliphatic hydroxyl groups is 3. The highest BCUT2D eigenvalue weighted by molar-refractivity contribution is 5.68. The molecule has 0 unspecified atom stereocenters. The zero-order chi connectivity index (χ0) is 33.6. The number of hydrogen-bond donors (Lipinski definition) is 6. The zero-order valence-electron chi connectivity index (χ0n) is 27.2. The van der Waals surface area contributed by atoms with Crippen LogP contribution < -0.4 is 15.4 Å². The number of aliphatic hydroxyl groups excluding tert-OH is 3. The van der Waals surface area contributed by atoms with Crippen LogP contribution in [0.3, 0.4) is 0 Å². The van der Waals surface area contributed by atoms with Crippen LogP contribution in [-0.4, -0.2) is 113 Å². The van der Waals surface area contributed by atoms with Gasteiger partial charge in [-0.15, -0.1) is 0 Å². The van der Waals surface area contributed by atoms with Crippen LogP contribution in [-0.2, 0) is 22.3 Å². The fraction of sp³-hybridized carbons (Fsp3) is 0.576. The molecule has 0 aliphatic rings. The van der Waals surface area contributed by atoms with E-state index in [1.54, 1.807) is 53.9 Å². The molecule has 252 valence electrons. The van der Waals surface area contributed by atoms with E-state index in [9.17, 15) is 30.0 Å². The van der Waals surface area contributed by atoms with E-state index < -0.39 is 54.2 Å². The number of alkyl carbamates (subject to hydrolysis) is 1. The Bertz CT molecular complexity index is 1160. The summed E-state index contributed by atoms with van der Waals surface area (Å²) in [4.78, 5) is 26.1. The van der Waals surface area contributed by atoms with Crippen molar-refractivity contribution in [3.8, 4) is 5.75 Å². The van der Waals surface area contributed by atoms with Crippen LogP contribution in [0, 0.1) is 0 Å². The minimum absolute atomic E-state index is 0.0236. The molecule has 2 aromatic rings. The van der Waals surface area contributed by atoms with Crippen molar-refractivity contribution >= 4 is 12.2 Å². The summed E-state index contributed by atoms with van der Waals surface area (Å²) in [6, 6.07) is 14.8. The van der Waals surface area contributed by atoms with Gasteiger partial charge in [0.25, 0.3) is 0 Å². The van der Waals surface area contributed by atoms with Crippen molar-refractivity contribution in [1.82, 2.24) is 15.5 Å². The number of amides is 2. The highest BCUT2D eigenvalue weighted by Crippen LogP contribution is 2.23. The van der Waals surface area contributed by atoms with E-state index in [1.807, 2.05) is 42.5 Å². The lowest BCUT2D eigenvalue weighted by atomic mass is 9.94. The standard InChI is InChI=1S/C33H51N3O9/c1-32(2,3)45-30(40)35-26(18-24-12-14-25(15-13-24)44-17-16-43-6)28(38)20-34-21-29(39)27(19-23-10-8-7-9-11-23)36(31(41)42)33(4,5)22-37/h7-15,26-29,34,37-39H,16-22H2,1-6H3,(H,35,40)(H,41,42)/t26-,27-,28+,29+/m0/s1. The maximum Gasteiger partial charge on any atom is 0.408 e. The summed E-state index contributed by atoms with van der Waals surface area (Å²) in [7, 11) is 1.59. The predicted molar refractivity (Wildman–Crippen MR) is 171 cm³/mol. The fourth-order valence-electron chi connectivity index (χ4n) is 4.80. The number of nitrogens with one attached hydrogen (secondary N) is 2. The van der Waals surface area contributed by atoms with Gasteiger partial charge in [-0.25, -0.2) is 9.59 Å². The van der Waals surface area contributed by atoms with E-state index in [2.05, 4.69) is 10.6 Å². The van der Waals surface area contributed by atoms with Crippen LogP contribution in [0.1, 0.15) is 45.7 Å². The third-order valence-corrected chi connectivity index (χ3v) is 7.12. The summed E-state index contributed by atoms with van der Waals surface area (Å²) < 4.78 is 16.0. The number of carboxylic acid groups (broad SMARTS) is 1. The monoisotopic (exact) mass is 633 g/mol. The van der Waals surface area contributed by atoms with E-state index in [4.69, 9.17) is 14.2 Å². The smallest absolute Gasteiger partial charge is 0.408 e. The van der Waals surface area contributed by atoms with Crippen LogP contribution in [0.2, 0.25) is 0 Å². The Kier molecular flexibility index (Phi) is 15.0. The van der Waals surface area contributed by atoms with Crippen LogP contribution in [0.4, 0.5) is 9.59 Å². The Balaban J connectivity index is 2.16. The molecule has 0 spiro atoms. The van der Waals surface area contributed by atoms with Crippen molar-refractivity contribution in [2.75, 3.05) is 40.0 Å². The molecule has 12 nitrogen and oxygen atoms in total. The Morgan fingerprint density at radius 1 is 0.867 bits per heavy atom. The summed E-state index contributed by atoms with van der Waals surface area (Å²) >= 11 is 0. The van der Waals surface area contributed by atoms with Gasteiger partial charge in [0.2, 0.25) is 0 Å². The average molecular weight is 634 g/mol. The number of methoxy groups -OCH3 is 1. The second-order valence-electron chi connectivity index (χ2n) is 12.6. The first kappa shape index (κ1) is 37.8. The van der Waals surface area contributed by atoms with E-state index in [0.29, 0.717) is 19.0 Å². The third kappa shape index (κ3) is 13.2. The Hall–Kier alpha value is -3.42. The number of rotatable bonds is 18. The van der Waals surface area contributed by atoms with Crippen LogP contribution >= 0.6 is 0 Å². The highest BCUT2D eigenvalue weighted by atomic mass is 16.6. The highest BCUT2D eigenvalue weighted by Gasteiger charge is 2.39. The largest absolute Gasteiger partial charge is 0.491 e. The Morgan fingerprint density at radius 3 is 2.02 bits per heavy atom. The molecule has 2 aromatic carbocycles. The lowest BCUT2D eigenvalue weighted by Crippen LogP contribution is -2.60. The zero-order valence-corrected chi connectivity index (χ0v) is 27.2. The second kappa shape index (κ2) is 17.9. The fourth-order valence-corrected chi connectivity index (χ4v) is 4.80. The van der Waals surface area contributed by atoms with Gasteiger partial charge in [-0.3, -0.25) is 4.90 Å². The van der Waals surface area contributed by atoms with Crippen molar-refractivity contribution < 1.29 is 44.2 Å². The number of nitrogens with zero attached hydrogens (tertiary/aromatic N) is 1. The molecule has 0 bridgehead atoms. The van der Waals surface area contributed by atoms with Crippen molar-refractivity contribution in [3.63, 3.8) is 0 Å². The quantitative estimate of drug-likeness (QED) is 0.134. The molecule has 0 fully saturated rings. The number of ether oxygens (including phenoxy) is 3. The molecule has 0 aliphatic carbocycles. The molecule has 2 amide bonds. The van der Waals surface area contributed by atoms with Gasteiger partial charge in [-0.05, 0) is 70.7 Å². The molecule has 0 aromatic heterocycles. The van der Waals surface area contributed by atoms with Gasteiger partial charge < -0.3 is 45.3 Å². The van der Waals surface area contributed by atoms with Gasteiger partial charge in [0.15, 0.2) is 0 Å². The molecule has 2 rings (SSSR count). The maximum absolute atomic E-state index is 12.7. The molecule has 12 heteroatoms. The maximum atomic E-state index is 12.7. The predicted octanol–water partition coefficient (Wildman–Crippen LogP) is 2.82. The first-order valence-corrected chi connectivity index (χ1v) is 15.1. The molecule has 0 saturated carbocycles. The van der Waals surface area contributed by atoms with Gasteiger partial charge in [-0.2, -0.15) is 0 Å². The number of hydrogen-bond acceptors (Lipinski definition) is 9. The SMILES string of the molecule is COCCOc1ccc(C[C@H](NC(=O)OC(C)(C)C)[C@H](O)CNC[C@@H](O)[C@H](Cc2ccccc2)N(C(=O)O)C(C)(C)CO)cc1. The lowest BCUT2D eigenvalue weighted by Gasteiger charge is -2.43. The summed E-state index contributed by atoms with van der Waals surface area (Å²) in [6.07, 6.45) is -3.77. The molecule has 0 aliphatic heterocycles. The van der Waals surface area contributed by atoms with Crippen LogP contribution in [0.15, 0.2) is 54.6 Å². The molecule has 45 heavy (non-hydrogen) atoms. The average Bonchev–Trinajstić information content (AvgIpc) is 2.96. The Labute approximate surface area is 266 Å². The first-order valence-electron chi connectivity index (χ1n) is 15.1. The van der Waals surface area contributed by atoms with Crippen molar-refractivity contribution in [2.24, 2.45) is 0 Å². The molecule has 0 heterocycles. The van der Waals surface area contributed by atoms with Gasteiger partial charge >= 0.3 is 12.2 Å². The van der Waals surface area contributed by atoms with Gasteiger partial charge in [0.05, 0.1) is 43.0 Å². The lowest BCUT2D eigenvalue weighted by molar-refractivity contribution is -0.0183. The second-order valence-corrected chi connectivity index (χ2v) is 12.6.